The van der Waals surface area contributed by atoms with E-state index in [-0.39, 0.29) is 11.6 Å². The van der Waals surface area contributed by atoms with E-state index in [0.29, 0.717) is 19.1 Å². The van der Waals surface area contributed by atoms with Crippen LogP contribution in [-0.4, -0.2) is 33.0 Å². The summed E-state index contributed by atoms with van der Waals surface area (Å²) in [6.07, 6.45) is 0.895. The molecule has 0 aliphatic carbocycles. The van der Waals surface area contributed by atoms with Crippen LogP contribution in [0.4, 0.5) is 0 Å². The Kier molecular flexibility index (Phi) is 7.36. The molecule has 0 heterocycles. The van der Waals surface area contributed by atoms with Gasteiger partial charge in [-0.15, -0.1) is 0 Å². The van der Waals surface area contributed by atoms with Crippen LogP contribution < -0.4 is 5.32 Å². The lowest BCUT2D eigenvalue weighted by Gasteiger charge is -2.23. The number of hydrogen-bond donors (Lipinski definition) is 1. The lowest BCUT2D eigenvalue weighted by atomic mass is 9.99. The van der Waals surface area contributed by atoms with Crippen molar-refractivity contribution in [2.24, 2.45) is 0 Å². The highest BCUT2D eigenvalue weighted by Gasteiger charge is 2.16. The quantitative estimate of drug-likeness (QED) is 0.700. The van der Waals surface area contributed by atoms with Crippen LogP contribution in [0.1, 0.15) is 57.2 Å². The third kappa shape index (κ3) is 6.16. The zero-order chi connectivity index (χ0) is 15.9. The minimum atomic E-state index is -0.117. The van der Waals surface area contributed by atoms with Crippen molar-refractivity contribution in [1.82, 2.24) is 5.32 Å². The molecule has 1 unspecified atom stereocenters. The molecule has 1 aromatic rings. The zero-order valence-electron chi connectivity index (χ0n) is 14.4. The maximum absolute atomic E-state index is 5.81. The van der Waals surface area contributed by atoms with Crippen molar-refractivity contribution in [1.29, 1.82) is 0 Å². The van der Waals surface area contributed by atoms with Crippen LogP contribution in [0, 0.1) is 0 Å². The Balaban J connectivity index is 2.48. The van der Waals surface area contributed by atoms with Gasteiger partial charge >= 0.3 is 0 Å². The van der Waals surface area contributed by atoms with E-state index in [0.717, 1.165) is 6.42 Å². The Morgan fingerprint density at radius 1 is 1.10 bits per heavy atom. The Morgan fingerprint density at radius 2 is 1.67 bits per heavy atom. The molecule has 3 heteroatoms. The molecule has 0 bridgehead atoms. The molecule has 21 heavy (non-hydrogen) atoms. The molecule has 0 saturated heterocycles. The van der Waals surface area contributed by atoms with Crippen LogP contribution in [0.2, 0.25) is 0 Å². The highest BCUT2D eigenvalue weighted by atomic mass is 16.5. The minimum absolute atomic E-state index is 0.117. The third-order valence-electron chi connectivity index (χ3n) is 4.04. The number of likely N-dealkylation sites (N-methyl/N-ethyl adjacent to an activating group) is 1. The molecule has 0 aliphatic heterocycles. The molecular formula is C18H31NO2. The van der Waals surface area contributed by atoms with Gasteiger partial charge in [-0.25, -0.2) is 0 Å². The van der Waals surface area contributed by atoms with Crippen molar-refractivity contribution < 1.29 is 9.47 Å². The van der Waals surface area contributed by atoms with E-state index in [1.165, 1.54) is 11.1 Å². The molecule has 3 nitrogen and oxygen atoms in total. The molecule has 1 aromatic carbocycles. The predicted molar refractivity (Wildman–Crippen MR) is 88.9 cm³/mol. The second kappa shape index (κ2) is 8.52. The second-order valence-electron chi connectivity index (χ2n) is 6.45. The standard InChI is InChI=1S/C18H31NO2/c1-14(2)15-7-9-16(10-8-15)17(19-5)13-21-12-11-18(3,4)20-6/h7-10,14,17,19H,11-13H2,1-6H3. The largest absolute Gasteiger partial charge is 0.379 e. The van der Waals surface area contributed by atoms with Gasteiger partial charge in [-0.05, 0) is 44.4 Å². The van der Waals surface area contributed by atoms with Gasteiger partial charge in [-0.3, -0.25) is 0 Å². The van der Waals surface area contributed by atoms with Crippen LogP contribution in [0.15, 0.2) is 24.3 Å². The van der Waals surface area contributed by atoms with Crippen molar-refractivity contribution in [3.8, 4) is 0 Å². The summed E-state index contributed by atoms with van der Waals surface area (Å²) in [5, 5.41) is 3.32. The summed E-state index contributed by atoms with van der Waals surface area (Å²) >= 11 is 0. The smallest absolute Gasteiger partial charge is 0.0661 e. The van der Waals surface area contributed by atoms with Crippen LogP contribution in [0.5, 0.6) is 0 Å². The molecule has 120 valence electrons. The highest BCUT2D eigenvalue weighted by molar-refractivity contribution is 5.26. The molecular weight excluding hydrogens is 262 g/mol. The van der Waals surface area contributed by atoms with Gasteiger partial charge in [-0.1, -0.05) is 38.1 Å². The number of nitrogens with one attached hydrogen (secondary N) is 1. The number of hydrogen-bond acceptors (Lipinski definition) is 3. The van der Waals surface area contributed by atoms with E-state index in [9.17, 15) is 0 Å². The number of benzene rings is 1. The molecule has 0 radical (unpaired) electrons. The van der Waals surface area contributed by atoms with Crippen molar-refractivity contribution in [2.45, 2.75) is 51.7 Å². The average molecular weight is 293 g/mol. The predicted octanol–water partition coefficient (Wildman–Crippen LogP) is 3.90. The summed E-state index contributed by atoms with van der Waals surface area (Å²) in [5.41, 5.74) is 2.53. The highest BCUT2D eigenvalue weighted by Crippen LogP contribution is 2.19. The molecule has 0 spiro atoms. The van der Waals surface area contributed by atoms with Crippen LogP contribution in [0.3, 0.4) is 0 Å². The summed E-state index contributed by atoms with van der Waals surface area (Å²) in [7, 11) is 3.72. The number of rotatable bonds is 9. The topological polar surface area (TPSA) is 30.5 Å². The minimum Gasteiger partial charge on any atom is -0.379 e. The first-order chi connectivity index (χ1) is 9.89. The van der Waals surface area contributed by atoms with Crippen molar-refractivity contribution in [3.63, 3.8) is 0 Å². The molecule has 0 saturated carbocycles. The molecule has 0 aromatic heterocycles. The van der Waals surface area contributed by atoms with Crippen molar-refractivity contribution >= 4 is 0 Å². The Bertz CT molecular complexity index is 398. The number of ether oxygens (including phenoxy) is 2. The summed E-state index contributed by atoms with van der Waals surface area (Å²) in [6, 6.07) is 9.03. The molecule has 1 rings (SSSR count). The fourth-order valence-electron chi connectivity index (χ4n) is 2.08. The van der Waals surface area contributed by atoms with E-state index < -0.39 is 0 Å². The van der Waals surface area contributed by atoms with Gasteiger partial charge in [0.25, 0.3) is 0 Å². The van der Waals surface area contributed by atoms with Gasteiger partial charge in [0.2, 0.25) is 0 Å². The van der Waals surface area contributed by atoms with E-state index in [1.807, 2.05) is 7.05 Å². The Morgan fingerprint density at radius 3 is 2.14 bits per heavy atom. The monoisotopic (exact) mass is 293 g/mol. The van der Waals surface area contributed by atoms with Gasteiger partial charge < -0.3 is 14.8 Å². The molecule has 0 aliphatic rings. The van der Waals surface area contributed by atoms with Crippen LogP contribution in [-0.2, 0) is 9.47 Å². The van der Waals surface area contributed by atoms with Crippen LogP contribution >= 0.6 is 0 Å². The van der Waals surface area contributed by atoms with Crippen LogP contribution in [0.25, 0.3) is 0 Å². The third-order valence-corrected chi connectivity index (χ3v) is 4.04. The SMILES string of the molecule is CNC(COCCC(C)(C)OC)c1ccc(C(C)C)cc1. The van der Waals surface area contributed by atoms with Gasteiger partial charge in [0.1, 0.15) is 0 Å². The van der Waals surface area contributed by atoms with Crippen molar-refractivity contribution in [2.75, 3.05) is 27.4 Å². The normalized spacial score (nSPS) is 13.7. The Labute approximate surface area is 130 Å². The fraction of sp³-hybridized carbons (Fsp3) is 0.667. The van der Waals surface area contributed by atoms with E-state index >= 15 is 0 Å². The van der Waals surface area contributed by atoms with E-state index in [2.05, 4.69) is 57.3 Å². The maximum atomic E-state index is 5.81. The maximum Gasteiger partial charge on any atom is 0.0661 e. The summed E-state index contributed by atoms with van der Waals surface area (Å²) in [6.45, 7) is 9.98. The summed E-state index contributed by atoms with van der Waals surface area (Å²) < 4.78 is 11.2. The summed E-state index contributed by atoms with van der Waals surface area (Å²) in [4.78, 5) is 0. The second-order valence-corrected chi connectivity index (χ2v) is 6.45. The lowest BCUT2D eigenvalue weighted by molar-refractivity contribution is -0.0122. The first-order valence-corrected chi connectivity index (χ1v) is 7.79. The molecule has 0 amide bonds. The first-order valence-electron chi connectivity index (χ1n) is 7.79. The van der Waals surface area contributed by atoms with Gasteiger partial charge in [0, 0.05) is 13.7 Å². The van der Waals surface area contributed by atoms with Gasteiger partial charge in [-0.2, -0.15) is 0 Å². The van der Waals surface area contributed by atoms with E-state index in [4.69, 9.17) is 9.47 Å². The summed E-state index contributed by atoms with van der Waals surface area (Å²) in [5.74, 6) is 0.569. The first kappa shape index (κ1) is 18.1. The molecule has 0 fully saturated rings. The lowest BCUT2D eigenvalue weighted by Crippen LogP contribution is -2.26. The Hall–Kier alpha value is -0.900. The van der Waals surface area contributed by atoms with Crippen molar-refractivity contribution in [3.05, 3.63) is 35.4 Å². The van der Waals surface area contributed by atoms with Gasteiger partial charge in [0.05, 0.1) is 18.2 Å². The fourth-order valence-corrected chi connectivity index (χ4v) is 2.08. The molecule has 1 atom stereocenters. The molecule has 1 N–H and O–H groups in total. The zero-order valence-corrected chi connectivity index (χ0v) is 14.4. The van der Waals surface area contributed by atoms with Gasteiger partial charge in [0.15, 0.2) is 0 Å². The number of methoxy groups -OCH3 is 1. The average Bonchev–Trinajstić information content (AvgIpc) is 2.47. The van der Waals surface area contributed by atoms with E-state index in [1.54, 1.807) is 7.11 Å².